The smallest absolute Gasteiger partial charge is 0.00699 e. The van der Waals surface area contributed by atoms with Gasteiger partial charge in [-0.3, -0.25) is 0 Å². The van der Waals surface area contributed by atoms with Crippen molar-refractivity contribution in [1.29, 1.82) is 0 Å². The van der Waals surface area contributed by atoms with Crippen LogP contribution in [0.3, 0.4) is 0 Å². The third-order valence-corrected chi connectivity index (χ3v) is 5.50. The maximum atomic E-state index is 3.85. The fourth-order valence-electron chi connectivity index (χ4n) is 4.27. The van der Waals surface area contributed by atoms with Gasteiger partial charge in [0.05, 0.1) is 0 Å². The molecule has 3 unspecified atom stereocenters. The van der Waals surface area contributed by atoms with E-state index >= 15 is 0 Å². The largest absolute Gasteiger partial charge is 0.314 e. The van der Waals surface area contributed by atoms with E-state index in [1.54, 1.807) is 0 Å². The molecule has 0 aliphatic heterocycles. The van der Waals surface area contributed by atoms with E-state index in [4.69, 9.17) is 0 Å². The van der Waals surface area contributed by atoms with Gasteiger partial charge in [0.2, 0.25) is 0 Å². The van der Waals surface area contributed by atoms with E-state index in [0.717, 1.165) is 17.9 Å². The Hall–Kier alpha value is -0.0400. The highest BCUT2D eigenvalue weighted by atomic mass is 14.9. The van der Waals surface area contributed by atoms with Crippen molar-refractivity contribution in [2.24, 2.45) is 11.8 Å². The van der Waals surface area contributed by atoms with Crippen LogP contribution in [0.25, 0.3) is 0 Å². The van der Waals surface area contributed by atoms with Crippen molar-refractivity contribution in [3.05, 3.63) is 0 Å². The van der Waals surface area contributed by atoms with E-state index in [1.165, 1.54) is 90.0 Å². The lowest BCUT2D eigenvalue weighted by atomic mass is 9.69. The van der Waals surface area contributed by atoms with Crippen molar-refractivity contribution in [1.82, 2.24) is 5.32 Å². The van der Waals surface area contributed by atoms with Gasteiger partial charge in [0.15, 0.2) is 0 Å². The molecule has 0 amide bonds. The molecule has 0 heterocycles. The van der Waals surface area contributed by atoms with Gasteiger partial charge in [0, 0.05) is 6.04 Å². The van der Waals surface area contributed by atoms with E-state index in [0.29, 0.717) is 0 Å². The molecular weight excluding hydrogens is 230 g/mol. The minimum Gasteiger partial charge on any atom is -0.314 e. The first-order valence-corrected chi connectivity index (χ1v) is 9.13. The highest BCUT2D eigenvalue weighted by Gasteiger charge is 2.31. The molecular formula is C18H35N. The molecule has 19 heavy (non-hydrogen) atoms. The van der Waals surface area contributed by atoms with Gasteiger partial charge in [0.25, 0.3) is 0 Å². The van der Waals surface area contributed by atoms with Crippen molar-refractivity contribution in [2.45, 2.75) is 96.4 Å². The molecule has 112 valence electrons. The van der Waals surface area contributed by atoms with Crippen LogP contribution in [0.2, 0.25) is 0 Å². The van der Waals surface area contributed by atoms with E-state index < -0.39 is 0 Å². The van der Waals surface area contributed by atoms with Gasteiger partial charge in [-0.15, -0.1) is 0 Å². The maximum absolute atomic E-state index is 3.85. The van der Waals surface area contributed by atoms with Crippen molar-refractivity contribution in [3.63, 3.8) is 0 Å². The van der Waals surface area contributed by atoms with Crippen molar-refractivity contribution in [2.75, 3.05) is 6.54 Å². The fraction of sp³-hybridized carbons (Fsp3) is 1.00. The lowest BCUT2D eigenvalue weighted by Crippen LogP contribution is -2.39. The van der Waals surface area contributed by atoms with Gasteiger partial charge in [0.1, 0.15) is 0 Å². The van der Waals surface area contributed by atoms with Crippen LogP contribution < -0.4 is 5.32 Å². The summed E-state index contributed by atoms with van der Waals surface area (Å²) >= 11 is 0. The van der Waals surface area contributed by atoms with Crippen LogP contribution in [0.5, 0.6) is 0 Å². The standard InChI is InChI=1S/C18H35N/c1-2-3-4-5-6-9-14-19-18-13-12-16-10-7-8-11-17(16)15-18/h16-19H,2-15H2,1H3. The molecule has 0 saturated heterocycles. The zero-order chi connectivity index (χ0) is 13.3. The highest BCUT2D eigenvalue weighted by Crippen LogP contribution is 2.40. The van der Waals surface area contributed by atoms with Gasteiger partial charge >= 0.3 is 0 Å². The van der Waals surface area contributed by atoms with Gasteiger partial charge in [-0.2, -0.15) is 0 Å². The zero-order valence-electron chi connectivity index (χ0n) is 13.1. The Balaban J connectivity index is 1.50. The summed E-state index contributed by atoms with van der Waals surface area (Å²) in [4.78, 5) is 0. The minimum absolute atomic E-state index is 0.856. The summed E-state index contributed by atoms with van der Waals surface area (Å²) in [6, 6.07) is 0.856. The molecule has 3 atom stereocenters. The highest BCUT2D eigenvalue weighted by molar-refractivity contribution is 4.86. The second-order valence-corrected chi connectivity index (χ2v) is 7.04. The molecule has 0 aromatic heterocycles. The average Bonchev–Trinajstić information content (AvgIpc) is 2.46. The summed E-state index contributed by atoms with van der Waals surface area (Å²) in [6.45, 7) is 3.57. The second-order valence-electron chi connectivity index (χ2n) is 7.04. The number of fused-ring (bicyclic) bond motifs is 1. The lowest BCUT2D eigenvalue weighted by Gasteiger charge is -2.39. The summed E-state index contributed by atoms with van der Waals surface area (Å²) in [5, 5.41) is 3.85. The third kappa shape index (κ3) is 5.45. The van der Waals surface area contributed by atoms with E-state index in [1.807, 2.05) is 0 Å². The van der Waals surface area contributed by atoms with Crippen LogP contribution in [0.1, 0.15) is 90.4 Å². The molecule has 0 bridgehead atoms. The van der Waals surface area contributed by atoms with E-state index in [-0.39, 0.29) is 0 Å². The number of hydrogen-bond donors (Lipinski definition) is 1. The summed E-state index contributed by atoms with van der Waals surface area (Å²) in [5.74, 6) is 2.17. The molecule has 2 fully saturated rings. The molecule has 2 saturated carbocycles. The Morgan fingerprint density at radius 1 is 0.789 bits per heavy atom. The molecule has 0 spiro atoms. The van der Waals surface area contributed by atoms with E-state index in [9.17, 15) is 0 Å². The first-order valence-electron chi connectivity index (χ1n) is 9.13. The van der Waals surface area contributed by atoms with Crippen molar-refractivity contribution in [3.8, 4) is 0 Å². The van der Waals surface area contributed by atoms with E-state index in [2.05, 4.69) is 12.2 Å². The van der Waals surface area contributed by atoms with Crippen LogP contribution in [-0.4, -0.2) is 12.6 Å². The normalized spacial score (nSPS) is 31.1. The first-order chi connectivity index (χ1) is 9.40. The summed E-state index contributed by atoms with van der Waals surface area (Å²) in [5.41, 5.74) is 0. The van der Waals surface area contributed by atoms with Crippen molar-refractivity contribution >= 4 is 0 Å². The monoisotopic (exact) mass is 265 g/mol. The fourth-order valence-corrected chi connectivity index (χ4v) is 4.27. The Morgan fingerprint density at radius 2 is 1.53 bits per heavy atom. The minimum atomic E-state index is 0.856. The first kappa shape index (κ1) is 15.4. The van der Waals surface area contributed by atoms with Gasteiger partial charge in [-0.25, -0.2) is 0 Å². The third-order valence-electron chi connectivity index (χ3n) is 5.50. The number of unbranched alkanes of at least 4 members (excludes halogenated alkanes) is 5. The molecule has 0 aromatic carbocycles. The average molecular weight is 265 g/mol. The molecule has 2 aliphatic carbocycles. The number of rotatable bonds is 8. The SMILES string of the molecule is CCCCCCCCNC1CCC2CCCCC2C1. The molecule has 1 N–H and O–H groups in total. The summed E-state index contributed by atoms with van der Waals surface area (Å²) in [6.07, 6.45) is 19.1. The van der Waals surface area contributed by atoms with Crippen LogP contribution in [-0.2, 0) is 0 Å². The summed E-state index contributed by atoms with van der Waals surface area (Å²) < 4.78 is 0. The van der Waals surface area contributed by atoms with Crippen LogP contribution in [0.4, 0.5) is 0 Å². The quantitative estimate of drug-likeness (QED) is 0.588. The molecule has 2 rings (SSSR count). The Kier molecular flexibility index (Phi) is 7.27. The topological polar surface area (TPSA) is 12.0 Å². The number of hydrogen-bond acceptors (Lipinski definition) is 1. The summed E-state index contributed by atoms with van der Waals surface area (Å²) in [7, 11) is 0. The zero-order valence-corrected chi connectivity index (χ0v) is 13.1. The predicted molar refractivity (Wildman–Crippen MR) is 84.5 cm³/mol. The molecule has 0 aromatic rings. The molecule has 1 heteroatoms. The van der Waals surface area contributed by atoms with Crippen LogP contribution in [0, 0.1) is 11.8 Å². The molecule has 2 aliphatic rings. The Morgan fingerprint density at radius 3 is 2.37 bits per heavy atom. The maximum Gasteiger partial charge on any atom is 0.00699 e. The van der Waals surface area contributed by atoms with Gasteiger partial charge in [-0.05, 0) is 44.1 Å². The molecule has 0 radical (unpaired) electrons. The predicted octanol–water partition coefficient (Wildman–Crippen LogP) is 5.30. The Bertz CT molecular complexity index is 226. The van der Waals surface area contributed by atoms with Gasteiger partial charge < -0.3 is 5.32 Å². The van der Waals surface area contributed by atoms with Crippen LogP contribution in [0.15, 0.2) is 0 Å². The molecule has 1 nitrogen and oxygen atoms in total. The van der Waals surface area contributed by atoms with Gasteiger partial charge in [-0.1, -0.05) is 64.7 Å². The second kappa shape index (κ2) is 9.00. The van der Waals surface area contributed by atoms with Crippen molar-refractivity contribution < 1.29 is 0 Å². The van der Waals surface area contributed by atoms with Crippen LogP contribution >= 0.6 is 0 Å². The number of nitrogens with one attached hydrogen (secondary N) is 1. The Labute approximate surface area is 120 Å². The lowest BCUT2D eigenvalue weighted by molar-refractivity contribution is 0.143.